The van der Waals surface area contributed by atoms with Gasteiger partial charge in [0.05, 0.1) is 14.2 Å². The molecule has 0 aromatic heterocycles. The van der Waals surface area contributed by atoms with Crippen molar-refractivity contribution in [1.82, 2.24) is 4.90 Å². The molecule has 0 aliphatic carbocycles. The summed E-state index contributed by atoms with van der Waals surface area (Å²) < 4.78 is 10.7. The van der Waals surface area contributed by atoms with Crippen molar-refractivity contribution in [3.05, 3.63) is 59.7 Å². The van der Waals surface area contributed by atoms with E-state index in [9.17, 15) is 0 Å². The molecular weight excluding hydrogens is 324 g/mol. The molecule has 0 bridgehead atoms. The molecule has 140 valence electrons. The molecule has 0 saturated carbocycles. The van der Waals surface area contributed by atoms with E-state index < -0.39 is 0 Å². The van der Waals surface area contributed by atoms with Gasteiger partial charge in [-0.1, -0.05) is 30.4 Å². The second kappa shape index (κ2) is 9.88. The van der Waals surface area contributed by atoms with Gasteiger partial charge in [0, 0.05) is 32.9 Å². The predicted octanol–water partition coefficient (Wildman–Crippen LogP) is 3.96. The van der Waals surface area contributed by atoms with E-state index in [2.05, 4.69) is 79.5 Å². The maximum absolute atomic E-state index is 5.37. The Hall–Kier alpha value is -2.46. The fourth-order valence-electron chi connectivity index (χ4n) is 2.70. The van der Waals surface area contributed by atoms with Gasteiger partial charge in [0.1, 0.15) is 0 Å². The molecule has 2 rings (SSSR count). The largest absolute Gasteiger partial charge is 0.493 e. The molecule has 2 aromatic carbocycles. The van der Waals surface area contributed by atoms with Crippen LogP contribution in [0.15, 0.2) is 48.5 Å². The summed E-state index contributed by atoms with van der Waals surface area (Å²) in [4.78, 5) is 4.41. The first-order valence-corrected chi connectivity index (χ1v) is 8.87. The Kier molecular flexibility index (Phi) is 7.54. The minimum atomic E-state index is 0.771. The number of benzene rings is 2. The van der Waals surface area contributed by atoms with E-state index in [0.29, 0.717) is 0 Å². The summed E-state index contributed by atoms with van der Waals surface area (Å²) in [7, 11) is 9.58. The van der Waals surface area contributed by atoms with Crippen molar-refractivity contribution in [2.75, 3.05) is 53.4 Å². The van der Waals surface area contributed by atoms with Crippen molar-refractivity contribution in [2.24, 2.45) is 0 Å². The number of methoxy groups -OCH3 is 2. The van der Waals surface area contributed by atoms with Crippen molar-refractivity contribution >= 4 is 11.8 Å². The predicted molar refractivity (Wildman–Crippen MR) is 111 cm³/mol. The summed E-state index contributed by atoms with van der Waals surface area (Å²) in [5, 5.41) is 0. The number of hydrogen-bond donors (Lipinski definition) is 0. The molecule has 26 heavy (non-hydrogen) atoms. The highest BCUT2D eigenvalue weighted by Crippen LogP contribution is 2.27. The topological polar surface area (TPSA) is 24.9 Å². The van der Waals surface area contributed by atoms with Crippen LogP contribution in [-0.2, 0) is 6.42 Å². The summed E-state index contributed by atoms with van der Waals surface area (Å²) in [6.45, 7) is 1.90. The van der Waals surface area contributed by atoms with Gasteiger partial charge in [0.2, 0.25) is 0 Å². The molecule has 0 heterocycles. The Balaban J connectivity index is 1.82. The fourth-order valence-corrected chi connectivity index (χ4v) is 2.70. The molecule has 0 saturated heterocycles. The molecule has 4 heteroatoms. The normalized spacial score (nSPS) is 11.2. The number of anilines is 1. The van der Waals surface area contributed by atoms with E-state index in [0.717, 1.165) is 31.0 Å². The van der Waals surface area contributed by atoms with Gasteiger partial charge < -0.3 is 19.3 Å². The maximum Gasteiger partial charge on any atom is 0.160 e. The molecule has 4 nitrogen and oxygen atoms in total. The highest BCUT2D eigenvalue weighted by molar-refractivity contribution is 5.55. The molecule has 0 spiro atoms. The van der Waals surface area contributed by atoms with Crippen molar-refractivity contribution in [3.8, 4) is 11.5 Å². The Bertz CT molecular complexity index is 709. The monoisotopic (exact) mass is 354 g/mol. The summed E-state index contributed by atoms with van der Waals surface area (Å²) >= 11 is 0. The van der Waals surface area contributed by atoms with Crippen molar-refractivity contribution in [3.63, 3.8) is 0 Å². The molecule has 0 aliphatic heterocycles. The van der Waals surface area contributed by atoms with Crippen LogP contribution in [0.4, 0.5) is 5.69 Å². The average Bonchev–Trinajstić information content (AvgIpc) is 2.66. The molecule has 0 N–H and O–H groups in total. The van der Waals surface area contributed by atoms with E-state index >= 15 is 0 Å². The lowest BCUT2D eigenvalue weighted by molar-refractivity contribution is 0.353. The standard InChI is InChI=1S/C22H30N2O2/c1-23(2)20-11-8-18(9-12-20)7-6-15-24(3)16-14-19-10-13-21(25-4)22(17-19)26-5/h6-13,17H,14-16H2,1-5H3/b7-6+. The van der Waals surface area contributed by atoms with E-state index in [1.165, 1.54) is 16.8 Å². The van der Waals surface area contributed by atoms with Gasteiger partial charge in [0.25, 0.3) is 0 Å². The van der Waals surface area contributed by atoms with Crippen LogP contribution in [0, 0.1) is 0 Å². The second-order valence-corrected chi connectivity index (χ2v) is 6.59. The van der Waals surface area contributed by atoms with E-state index in [4.69, 9.17) is 9.47 Å². The summed E-state index contributed by atoms with van der Waals surface area (Å²) in [5.41, 5.74) is 3.69. The first kappa shape index (κ1) is 19.9. The molecule has 0 unspecified atom stereocenters. The average molecular weight is 354 g/mol. The van der Waals surface area contributed by atoms with Crippen LogP contribution in [0.25, 0.3) is 6.08 Å². The zero-order valence-corrected chi connectivity index (χ0v) is 16.5. The molecule has 0 amide bonds. The Morgan fingerprint density at radius 1 is 0.885 bits per heavy atom. The van der Waals surface area contributed by atoms with Crippen LogP contribution in [-0.4, -0.2) is 53.4 Å². The van der Waals surface area contributed by atoms with E-state index in [1.807, 2.05) is 6.07 Å². The van der Waals surface area contributed by atoms with Gasteiger partial charge in [-0.25, -0.2) is 0 Å². The number of likely N-dealkylation sites (N-methyl/N-ethyl adjacent to an activating group) is 1. The molecular formula is C22H30N2O2. The number of hydrogen-bond acceptors (Lipinski definition) is 4. The first-order valence-electron chi connectivity index (χ1n) is 8.87. The quantitative estimate of drug-likeness (QED) is 0.681. The van der Waals surface area contributed by atoms with Crippen LogP contribution in [0.2, 0.25) is 0 Å². The summed E-state index contributed by atoms with van der Waals surface area (Å²) in [6, 6.07) is 14.7. The molecule has 0 atom stereocenters. The number of rotatable bonds is 9. The van der Waals surface area contributed by atoms with Crippen LogP contribution >= 0.6 is 0 Å². The Morgan fingerprint density at radius 3 is 2.19 bits per heavy atom. The smallest absolute Gasteiger partial charge is 0.160 e. The lowest BCUT2D eigenvalue weighted by atomic mass is 10.1. The molecule has 2 aromatic rings. The lowest BCUT2D eigenvalue weighted by Gasteiger charge is -2.15. The minimum absolute atomic E-state index is 0.771. The van der Waals surface area contributed by atoms with Gasteiger partial charge in [-0.05, 0) is 48.9 Å². The molecule has 0 aliphatic rings. The van der Waals surface area contributed by atoms with Crippen molar-refractivity contribution in [1.29, 1.82) is 0 Å². The maximum atomic E-state index is 5.37. The fraction of sp³-hybridized carbons (Fsp3) is 0.364. The third kappa shape index (κ3) is 5.81. The van der Waals surface area contributed by atoms with E-state index in [1.54, 1.807) is 14.2 Å². The van der Waals surface area contributed by atoms with Crippen LogP contribution in [0.5, 0.6) is 11.5 Å². The van der Waals surface area contributed by atoms with Crippen LogP contribution in [0.3, 0.4) is 0 Å². The van der Waals surface area contributed by atoms with Gasteiger partial charge >= 0.3 is 0 Å². The number of ether oxygens (including phenoxy) is 2. The van der Waals surface area contributed by atoms with E-state index in [-0.39, 0.29) is 0 Å². The minimum Gasteiger partial charge on any atom is -0.493 e. The van der Waals surface area contributed by atoms with Gasteiger partial charge in [-0.3, -0.25) is 0 Å². The van der Waals surface area contributed by atoms with Crippen molar-refractivity contribution < 1.29 is 9.47 Å². The third-order valence-electron chi connectivity index (χ3n) is 4.37. The SMILES string of the molecule is COc1ccc(CCN(C)C/C=C/c2ccc(N(C)C)cc2)cc1OC. The lowest BCUT2D eigenvalue weighted by Crippen LogP contribution is -2.21. The van der Waals surface area contributed by atoms with Crippen LogP contribution < -0.4 is 14.4 Å². The van der Waals surface area contributed by atoms with Gasteiger partial charge in [0.15, 0.2) is 11.5 Å². The number of nitrogens with zero attached hydrogens (tertiary/aromatic N) is 2. The molecule has 0 fully saturated rings. The van der Waals surface area contributed by atoms with Gasteiger partial charge in [-0.2, -0.15) is 0 Å². The highest BCUT2D eigenvalue weighted by Gasteiger charge is 2.05. The summed E-state index contributed by atoms with van der Waals surface area (Å²) in [5.74, 6) is 1.56. The first-order chi connectivity index (χ1) is 12.5. The second-order valence-electron chi connectivity index (χ2n) is 6.59. The highest BCUT2D eigenvalue weighted by atomic mass is 16.5. The zero-order valence-electron chi connectivity index (χ0n) is 16.5. The molecule has 0 radical (unpaired) electrons. The Labute approximate surface area is 157 Å². The van der Waals surface area contributed by atoms with Crippen molar-refractivity contribution in [2.45, 2.75) is 6.42 Å². The zero-order chi connectivity index (χ0) is 18.9. The van der Waals surface area contributed by atoms with Crippen LogP contribution in [0.1, 0.15) is 11.1 Å². The third-order valence-corrected chi connectivity index (χ3v) is 4.37. The Morgan fingerprint density at radius 2 is 1.58 bits per heavy atom. The van der Waals surface area contributed by atoms with Gasteiger partial charge in [-0.15, -0.1) is 0 Å². The summed E-state index contributed by atoms with van der Waals surface area (Å²) in [6.07, 6.45) is 5.36.